The SMILES string of the molecule is CC(C(=O)O)S(=O)(=O)N1CC(O)CC1CN(C)C. The number of rotatable bonds is 5. The standard InChI is InChI=1S/C10H20N2O5S/c1-7(10(14)15)18(16,17)12-6-9(13)4-8(12)5-11(2)3/h7-9,13H,4-6H2,1-3H3,(H,14,15). The highest BCUT2D eigenvalue weighted by Gasteiger charge is 2.43. The van der Waals surface area contributed by atoms with Crippen LogP contribution in [0.5, 0.6) is 0 Å². The summed E-state index contributed by atoms with van der Waals surface area (Å²) in [5, 5.41) is 16.9. The lowest BCUT2D eigenvalue weighted by Gasteiger charge is -2.27. The molecule has 1 heterocycles. The molecule has 0 aliphatic carbocycles. The molecular weight excluding hydrogens is 260 g/mol. The molecule has 3 atom stereocenters. The average Bonchev–Trinajstić information content (AvgIpc) is 2.57. The van der Waals surface area contributed by atoms with Gasteiger partial charge < -0.3 is 15.1 Å². The first-order valence-corrected chi connectivity index (χ1v) is 7.22. The molecule has 3 unspecified atom stereocenters. The average molecular weight is 280 g/mol. The van der Waals surface area contributed by atoms with E-state index >= 15 is 0 Å². The maximum Gasteiger partial charge on any atom is 0.323 e. The highest BCUT2D eigenvalue weighted by atomic mass is 32.2. The Bertz CT molecular complexity index is 408. The molecule has 7 nitrogen and oxygen atoms in total. The molecule has 18 heavy (non-hydrogen) atoms. The first-order chi connectivity index (χ1) is 8.16. The second-order valence-corrected chi connectivity index (χ2v) is 7.11. The molecule has 1 aliphatic rings. The number of likely N-dealkylation sites (N-methyl/N-ethyl adjacent to an activating group) is 1. The number of carboxylic acid groups (broad SMARTS) is 1. The van der Waals surface area contributed by atoms with Crippen molar-refractivity contribution >= 4 is 16.0 Å². The fraction of sp³-hybridized carbons (Fsp3) is 0.900. The lowest BCUT2D eigenvalue weighted by Crippen LogP contribution is -2.46. The van der Waals surface area contributed by atoms with Crippen molar-refractivity contribution in [1.82, 2.24) is 9.21 Å². The van der Waals surface area contributed by atoms with Gasteiger partial charge in [-0.1, -0.05) is 0 Å². The predicted octanol–water partition coefficient (Wildman–Crippen LogP) is -1.21. The molecule has 1 saturated heterocycles. The molecule has 1 fully saturated rings. The molecule has 2 N–H and O–H groups in total. The van der Waals surface area contributed by atoms with Crippen molar-refractivity contribution in [1.29, 1.82) is 0 Å². The summed E-state index contributed by atoms with van der Waals surface area (Å²) in [6.45, 7) is 1.58. The first kappa shape index (κ1) is 15.4. The van der Waals surface area contributed by atoms with E-state index in [9.17, 15) is 18.3 Å². The Hall–Kier alpha value is -0.700. The zero-order valence-corrected chi connectivity index (χ0v) is 11.6. The summed E-state index contributed by atoms with van der Waals surface area (Å²) >= 11 is 0. The number of hydrogen-bond acceptors (Lipinski definition) is 5. The first-order valence-electron chi connectivity index (χ1n) is 5.72. The van der Waals surface area contributed by atoms with E-state index in [1.54, 1.807) is 14.1 Å². The van der Waals surface area contributed by atoms with Gasteiger partial charge in [-0.25, -0.2) is 8.42 Å². The second kappa shape index (κ2) is 5.52. The summed E-state index contributed by atoms with van der Waals surface area (Å²) in [5.74, 6) is -1.38. The van der Waals surface area contributed by atoms with E-state index in [1.807, 2.05) is 4.90 Å². The molecule has 0 saturated carbocycles. The van der Waals surface area contributed by atoms with E-state index in [4.69, 9.17) is 5.11 Å². The summed E-state index contributed by atoms with van der Waals surface area (Å²) in [6.07, 6.45) is -0.394. The topological polar surface area (TPSA) is 98.1 Å². The van der Waals surface area contributed by atoms with E-state index in [0.29, 0.717) is 13.0 Å². The minimum atomic E-state index is -3.92. The van der Waals surface area contributed by atoms with Gasteiger partial charge in [0.1, 0.15) is 0 Å². The molecule has 0 radical (unpaired) electrons. The van der Waals surface area contributed by atoms with Crippen LogP contribution in [0.3, 0.4) is 0 Å². The van der Waals surface area contributed by atoms with Crippen LogP contribution in [0, 0.1) is 0 Å². The van der Waals surface area contributed by atoms with Crippen molar-refractivity contribution in [3.63, 3.8) is 0 Å². The highest BCUT2D eigenvalue weighted by Crippen LogP contribution is 2.24. The van der Waals surface area contributed by atoms with Gasteiger partial charge in [0.05, 0.1) is 6.10 Å². The molecule has 0 aromatic heterocycles. The van der Waals surface area contributed by atoms with Crippen LogP contribution in [-0.2, 0) is 14.8 Å². The molecule has 1 rings (SSSR count). The third-order valence-electron chi connectivity index (χ3n) is 3.04. The lowest BCUT2D eigenvalue weighted by atomic mass is 10.2. The molecule has 0 aromatic carbocycles. The highest BCUT2D eigenvalue weighted by molar-refractivity contribution is 7.90. The number of β-amino-alcohol motifs (C(OH)–C–C–N with tert-alkyl or cyclic N) is 1. The van der Waals surface area contributed by atoms with Crippen LogP contribution in [0.15, 0.2) is 0 Å². The third kappa shape index (κ3) is 3.19. The molecule has 0 bridgehead atoms. The summed E-state index contributed by atoms with van der Waals surface area (Å²) in [6, 6.07) is -0.373. The molecule has 8 heteroatoms. The number of nitrogens with zero attached hydrogens (tertiary/aromatic N) is 2. The van der Waals surface area contributed by atoms with Gasteiger partial charge in [0.25, 0.3) is 0 Å². The van der Waals surface area contributed by atoms with E-state index in [1.165, 1.54) is 0 Å². The largest absolute Gasteiger partial charge is 0.480 e. The van der Waals surface area contributed by atoms with E-state index in [-0.39, 0.29) is 12.6 Å². The van der Waals surface area contributed by atoms with Gasteiger partial charge in [-0.05, 0) is 27.4 Å². The smallest absolute Gasteiger partial charge is 0.323 e. The van der Waals surface area contributed by atoms with Crippen LogP contribution >= 0.6 is 0 Å². The van der Waals surface area contributed by atoms with Crippen LogP contribution in [0.2, 0.25) is 0 Å². The van der Waals surface area contributed by atoms with Gasteiger partial charge in [-0.15, -0.1) is 0 Å². The Labute approximate surface area is 107 Å². The molecule has 0 spiro atoms. The quantitative estimate of drug-likeness (QED) is 0.655. The fourth-order valence-corrected chi connectivity index (χ4v) is 3.70. The summed E-state index contributed by atoms with van der Waals surface area (Å²) < 4.78 is 25.4. The normalized spacial score (nSPS) is 27.6. The van der Waals surface area contributed by atoms with Gasteiger partial charge in [0.2, 0.25) is 10.0 Å². The molecular formula is C10H20N2O5S. The minimum absolute atomic E-state index is 0.0293. The Morgan fingerprint density at radius 3 is 2.50 bits per heavy atom. The van der Waals surface area contributed by atoms with Crippen LogP contribution in [0.1, 0.15) is 13.3 Å². The summed E-state index contributed by atoms with van der Waals surface area (Å²) in [7, 11) is -0.315. The second-order valence-electron chi connectivity index (χ2n) is 4.90. The van der Waals surface area contributed by atoms with Crippen molar-refractivity contribution in [2.24, 2.45) is 0 Å². The number of aliphatic hydroxyl groups is 1. The zero-order chi connectivity index (χ0) is 14.1. The van der Waals surface area contributed by atoms with Crippen LogP contribution < -0.4 is 0 Å². The number of aliphatic carboxylic acids is 1. The Morgan fingerprint density at radius 2 is 2.06 bits per heavy atom. The lowest BCUT2D eigenvalue weighted by molar-refractivity contribution is -0.136. The number of hydrogen-bond donors (Lipinski definition) is 2. The third-order valence-corrected chi connectivity index (χ3v) is 5.24. The van der Waals surface area contributed by atoms with Crippen LogP contribution in [0.4, 0.5) is 0 Å². The Morgan fingerprint density at radius 1 is 1.50 bits per heavy atom. The zero-order valence-electron chi connectivity index (χ0n) is 10.8. The maximum atomic E-state index is 12.1. The van der Waals surface area contributed by atoms with Crippen molar-refractivity contribution in [3.05, 3.63) is 0 Å². The van der Waals surface area contributed by atoms with Crippen molar-refractivity contribution in [2.75, 3.05) is 27.2 Å². The van der Waals surface area contributed by atoms with Gasteiger partial charge in [0, 0.05) is 19.1 Å². The minimum Gasteiger partial charge on any atom is -0.480 e. The van der Waals surface area contributed by atoms with Gasteiger partial charge in [0.15, 0.2) is 5.25 Å². The number of carbonyl (C=O) groups is 1. The molecule has 106 valence electrons. The van der Waals surface area contributed by atoms with Crippen molar-refractivity contribution in [2.45, 2.75) is 30.7 Å². The van der Waals surface area contributed by atoms with Crippen LogP contribution in [-0.4, -0.2) is 78.4 Å². The number of aliphatic hydroxyl groups excluding tert-OH is 1. The van der Waals surface area contributed by atoms with E-state index in [2.05, 4.69) is 0 Å². The molecule has 1 aliphatic heterocycles. The monoisotopic (exact) mass is 280 g/mol. The maximum absolute atomic E-state index is 12.1. The van der Waals surface area contributed by atoms with Gasteiger partial charge in [-0.3, -0.25) is 4.79 Å². The summed E-state index contributed by atoms with van der Waals surface area (Å²) in [4.78, 5) is 12.7. The van der Waals surface area contributed by atoms with E-state index in [0.717, 1.165) is 11.2 Å². The van der Waals surface area contributed by atoms with Gasteiger partial charge in [-0.2, -0.15) is 4.31 Å². The Balaban J connectivity index is 2.95. The predicted molar refractivity (Wildman–Crippen MR) is 65.7 cm³/mol. The van der Waals surface area contributed by atoms with Crippen molar-refractivity contribution < 1.29 is 23.4 Å². The molecule has 0 amide bonds. The van der Waals surface area contributed by atoms with Gasteiger partial charge >= 0.3 is 5.97 Å². The fourth-order valence-electron chi connectivity index (χ4n) is 2.09. The van der Waals surface area contributed by atoms with E-state index < -0.39 is 27.3 Å². The van der Waals surface area contributed by atoms with Crippen molar-refractivity contribution in [3.8, 4) is 0 Å². The van der Waals surface area contributed by atoms with Crippen LogP contribution in [0.25, 0.3) is 0 Å². The molecule has 0 aromatic rings. The number of carboxylic acids is 1. The summed E-state index contributed by atoms with van der Waals surface area (Å²) in [5.41, 5.74) is 0. The Kier molecular flexibility index (Phi) is 4.71. The number of sulfonamides is 1.